The number of phenolic OH excluding ortho intramolecular Hbond substituents is 1. The number of phenols is 1. The van der Waals surface area contributed by atoms with Crippen molar-refractivity contribution >= 4 is 33.6 Å². The molecule has 0 unspecified atom stereocenters. The first kappa shape index (κ1) is 29.8. The van der Waals surface area contributed by atoms with Crippen LogP contribution in [0.25, 0.3) is 39.0 Å². The van der Waals surface area contributed by atoms with Gasteiger partial charge in [-0.1, -0.05) is 6.07 Å². The quantitative estimate of drug-likeness (QED) is 0.259. The number of aromatic nitrogens is 3. The molecule has 0 radical (unpaired) electrons. The van der Waals surface area contributed by atoms with Crippen molar-refractivity contribution in [2.75, 3.05) is 37.7 Å². The highest BCUT2D eigenvalue weighted by atomic mass is 19.3. The SMILES string of the molecule is Oc1cc(-c2nc3c4c(nc(OC[C@@]56CCCN5C[C@H](F)C6)nc4c2F)N2C[C@H]4CC[C@H](N4)[C@H]2CO3)c2c(C=C(F)F)c(F)ccc2c1. The van der Waals surface area contributed by atoms with E-state index in [1.807, 2.05) is 0 Å². The van der Waals surface area contributed by atoms with E-state index in [-0.39, 0.29) is 81.9 Å². The summed E-state index contributed by atoms with van der Waals surface area (Å²) in [4.78, 5) is 18.1. The summed E-state index contributed by atoms with van der Waals surface area (Å²) >= 11 is 0. The number of nitrogens with zero attached hydrogens (tertiary/aromatic N) is 5. The van der Waals surface area contributed by atoms with Gasteiger partial charge in [0.1, 0.15) is 53.4 Å². The van der Waals surface area contributed by atoms with Gasteiger partial charge in [0.15, 0.2) is 5.82 Å². The van der Waals surface area contributed by atoms with Crippen LogP contribution < -0.4 is 19.7 Å². The smallest absolute Gasteiger partial charge is 0.319 e. The fourth-order valence-electron chi connectivity index (χ4n) is 8.70. The summed E-state index contributed by atoms with van der Waals surface area (Å²) < 4.78 is 86.3. The first-order valence-corrected chi connectivity index (χ1v) is 16.2. The zero-order chi connectivity index (χ0) is 32.9. The molecule has 5 aliphatic rings. The summed E-state index contributed by atoms with van der Waals surface area (Å²) in [5, 5.41) is 14.6. The minimum Gasteiger partial charge on any atom is -0.508 e. The second kappa shape index (κ2) is 10.9. The molecule has 4 aromatic rings. The molecule has 2 aromatic heterocycles. The van der Waals surface area contributed by atoms with Crippen molar-refractivity contribution in [3.63, 3.8) is 0 Å². The second-order valence-corrected chi connectivity index (χ2v) is 13.6. The summed E-state index contributed by atoms with van der Waals surface area (Å²) in [5.41, 5.74) is -1.66. The summed E-state index contributed by atoms with van der Waals surface area (Å²) in [5.74, 6) is -1.79. The number of aromatic hydroxyl groups is 1. The van der Waals surface area contributed by atoms with Crippen molar-refractivity contribution in [2.24, 2.45) is 0 Å². The van der Waals surface area contributed by atoms with E-state index in [1.165, 1.54) is 12.1 Å². The Hall–Kier alpha value is -4.30. The standard InChI is InChI=1S/C34H31F5N6O3/c35-17-11-34(6-1-7-44(34)12-17)15-48-33-42-30-27-31(43-33)45-13-18-3-5-23(40-18)24(45)14-47-32(27)41-29(28(30)39)21-9-19(46)8-16-2-4-22(36)20(26(16)21)10-25(37)38/h2,4,8-10,17-18,23-24,40,46H,1,3,5-7,11-15H2/t17-,18-,23+,24-,34+/m1/s1. The molecule has 2 bridgehead atoms. The van der Waals surface area contributed by atoms with Crippen LogP contribution in [0, 0.1) is 11.6 Å². The van der Waals surface area contributed by atoms with Crippen molar-refractivity contribution in [3.05, 3.63) is 47.5 Å². The Morgan fingerprint density at radius 3 is 2.85 bits per heavy atom. The zero-order valence-corrected chi connectivity index (χ0v) is 25.7. The molecule has 4 fully saturated rings. The Balaban J connectivity index is 1.25. The number of halogens is 5. The molecule has 2 aromatic carbocycles. The van der Waals surface area contributed by atoms with Crippen LogP contribution in [0.4, 0.5) is 27.8 Å². The number of hydrogen-bond donors (Lipinski definition) is 2. The van der Waals surface area contributed by atoms with Crippen LogP contribution >= 0.6 is 0 Å². The average Bonchev–Trinajstić information content (AvgIpc) is 3.69. The second-order valence-electron chi connectivity index (χ2n) is 13.6. The van der Waals surface area contributed by atoms with E-state index in [4.69, 9.17) is 14.5 Å². The fourth-order valence-corrected chi connectivity index (χ4v) is 8.70. The fraction of sp³-hybridized carbons (Fsp3) is 0.441. The molecule has 0 amide bonds. The van der Waals surface area contributed by atoms with Crippen molar-refractivity contribution in [1.82, 2.24) is 25.2 Å². The molecule has 4 saturated heterocycles. The molecule has 250 valence electrons. The van der Waals surface area contributed by atoms with Gasteiger partial charge in [-0.3, -0.25) is 4.90 Å². The third kappa shape index (κ3) is 4.59. The van der Waals surface area contributed by atoms with Gasteiger partial charge in [-0.05, 0) is 55.8 Å². The summed E-state index contributed by atoms with van der Waals surface area (Å²) in [6.45, 7) is 2.01. The molecule has 14 heteroatoms. The maximum Gasteiger partial charge on any atom is 0.319 e. The van der Waals surface area contributed by atoms with Gasteiger partial charge in [-0.2, -0.15) is 18.7 Å². The van der Waals surface area contributed by atoms with E-state index < -0.39 is 35.0 Å². The van der Waals surface area contributed by atoms with Gasteiger partial charge in [0.2, 0.25) is 5.88 Å². The number of nitrogens with one attached hydrogen (secondary N) is 1. The number of anilines is 1. The molecule has 48 heavy (non-hydrogen) atoms. The predicted molar refractivity (Wildman–Crippen MR) is 167 cm³/mol. The van der Waals surface area contributed by atoms with Crippen LogP contribution in [0.3, 0.4) is 0 Å². The number of rotatable bonds is 5. The Labute approximate surface area is 271 Å². The van der Waals surface area contributed by atoms with E-state index in [1.54, 1.807) is 0 Å². The van der Waals surface area contributed by atoms with Gasteiger partial charge in [0.05, 0.1) is 11.6 Å². The molecule has 0 aliphatic carbocycles. The molecule has 9 rings (SSSR count). The van der Waals surface area contributed by atoms with Crippen molar-refractivity contribution < 1.29 is 36.5 Å². The number of ether oxygens (including phenoxy) is 2. The Morgan fingerprint density at radius 1 is 1.12 bits per heavy atom. The van der Waals surface area contributed by atoms with Crippen LogP contribution in [-0.2, 0) is 0 Å². The van der Waals surface area contributed by atoms with Crippen LogP contribution in [0.15, 0.2) is 30.3 Å². The number of fused-ring (bicyclic) bond motifs is 7. The van der Waals surface area contributed by atoms with Crippen LogP contribution in [0.1, 0.15) is 37.7 Å². The minimum atomic E-state index is -2.15. The lowest BCUT2D eigenvalue weighted by Gasteiger charge is -2.40. The number of pyridine rings is 1. The van der Waals surface area contributed by atoms with Gasteiger partial charge in [-0.25, -0.2) is 18.2 Å². The number of alkyl halides is 1. The van der Waals surface area contributed by atoms with E-state index in [0.29, 0.717) is 31.4 Å². The van der Waals surface area contributed by atoms with Crippen LogP contribution in [0.5, 0.6) is 17.6 Å². The maximum atomic E-state index is 17.0. The monoisotopic (exact) mass is 666 g/mol. The van der Waals surface area contributed by atoms with Gasteiger partial charge in [0, 0.05) is 54.2 Å². The molecule has 5 aliphatic heterocycles. The summed E-state index contributed by atoms with van der Waals surface area (Å²) in [7, 11) is 0. The predicted octanol–water partition coefficient (Wildman–Crippen LogP) is 5.72. The number of benzene rings is 2. The largest absolute Gasteiger partial charge is 0.508 e. The Kier molecular flexibility index (Phi) is 6.74. The first-order chi connectivity index (χ1) is 23.2. The zero-order valence-electron chi connectivity index (χ0n) is 25.7. The van der Waals surface area contributed by atoms with Crippen LogP contribution in [0.2, 0.25) is 0 Å². The van der Waals surface area contributed by atoms with Gasteiger partial charge in [0.25, 0.3) is 6.08 Å². The van der Waals surface area contributed by atoms with E-state index >= 15 is 8.78 Å². The van der Waals surface area contributed by atoms with E-state index in [0.717, 1.165) is 44.4 Å². The molecular formula is C34H31F5N6O3. The molecule has 7 heterocycles. The molecule has 9 nitrogen and oxygen atoms in total. The Morgan fingerprint density at radius 2 is 2.00 bits per heavy atom. The van der Waals surface area contributed by atoms with Crippen molar-refractivity contribution in [3.8, 4) is 28.9 Å². The number of hydrogen-bond acceptors (Lipinski definition) is 9. The topological polar surface area (TPSA) is 95.9 Å². The third-order valence-electron chi connectivity index (χ3n) is 10.8. The molecule has 5 atom stereocenters. The molecular weight excluding hydrogens is 635 g/mol. The third-order valence-corrected chi connectivity index (χ3v) is 10.8. The van der Waals surface area contributed by atoms with Gasteiger partial charge >= 0.3 is 6.01 Å². The van der Waals surface area contributed by atoms with E-state index in [9.17, 15) is 18.3 Å². The minimum absolute atomic E-state index is 0.0199. The van der Waals surface area contributed by atoms with Crippen LogP contribution in [-0.4, -0.2) is 87.6 Å². The van der Waals surface area contributed by atoms with Crippen molar-refractivity contribution in [2.45, 2.75) is 61.9 Å². The summed E-state index contributed by atoms with van der Waals surface area (Å²) in [6, 6.07) is 4.78. The molecule has 0 spiro atoms. The lowest BCUT2D eigenvalue weighted by Crippen LogP contribution is -2.60. The number of piperazine rings is 1. The maximum absolute atomic E-state index is 17.0. The average molecular weight is 667 g/mol. The highest BCUT2D eigenvalue weighted by Gasteiger charge is 2.50. The highest BCUT2D eigenvalue weighted by molar-refractivity contribution is 6.05. The summed E-state index contributed by atoms with van der Waals surface area (Å²) in [6.07, 6.45) is 1.13. The Bertz CT molecular complexity index is 2030. The van der Waals surface area contributed by atoms with E-state index in [2.05, 4.69) is 25.1 Å². The lowest BCUT2D eigenvalue weighted by atomic mass is 9.95. The molecule has 2 N–H and O–H groups in total. The van der Waals surface area contributed by atoms with Gasteiger partial charge < -0.3 is 24.8 Å². The highest BCUT2D eigenvalue weighted by Crippen LogP contribution is 2.46. The molecule has 0 saturated carbocycles. The van der Waals surface area contributed by atoms with Gasteiger partial charge in [-0.15, -0.1) is 0 Å². The van der Waals surface area contributed by atoms with Crippen molar-refractivity contribution in [1.29, 1.82) is 0 Å². The first-order valence-electron chi connectivity index (χ1n) is 16.2. The lowest BCUT2D eigenvalue weighted by molar-refractivity contribution is 0.107. The normalized spacial score (nSPS) is 27.6.